The first kappa shape index (κ1) is 21.6. The minimum Gasteiger partial charge on any atom is -0.507 e. The smallest absolute Gasteiger partial charge is 0.300 e. The fraction of sp³-hybridized carbons (Fsp3) is 0.160. The highest BCUT2D eigenvalue weighted by Gasteiger charge is 2.47. The molecule has 3 aromatic rings. The predicted molar refractivity (Wildman–Crippen MR) is 123 cm³/mol. The molecule has 1 aromatic heterocycles. The zero-order valence-corrected chi connectivity index (χ0v) is 18.6. The summed E-state index contributed by atoms with van der Waals surface area (Å²) >= 11 is 6.30. The number of aromatic nitrogens is 1. The van der Waals surface area contributed by atoms with Gasteiger partial charge >= 0.3 is 0 Å². The number of rotatable bonds is 4. The van der Waals surface area contributed by atoms with E-state index in [1.54, 1.807) is 68.0 Å². The van der Waals surface area contributed by atoms with Crippen molar-refractivity contribution in [1.29, 1.82) is 0 Å². The van der Waals surface area contributed by atoms with Crippen molar-refractivity contribution >= 4 is 34.7 Å². The van der Waals surface area contributed by atoms with E-state index < -0.39 is 17.7 Å². The second kappa shape index (κ2) is 8.48. The molecule has 1 unspecified atom stereocenters. The number of aryl methyl sites for hydroxylation is 2. The third kappa shape index (κ3) is 3.63. The molecule has 2 aromatic carbocycles. The molecule has 1 saturated heterocycles. The highest BCUT2D eigenvalue weighted by molar-refractivity contribution is 6.51. The lowest BCUT2D eigenvalue weighted by molar-refractivity contribution is -0.132. The predicted octanol–water partition coefficient (Wildman–Crippen LogP) is 4.99. The highest BCUT2D eigenvalue weighted by atomic mass is 35.5. The average Bonchev–Trinajstić information content (AvgIpc) is 3.06. The van der Waals surface area contributed by atoms with Crippen molar-refractivity contribution in [3.05, 3.63) is 93.8 Å². The highest BCUT2D eigenvalue weighted by Crippen LogP contribution is 2.42. The fourth-order valence-corrected chi connectivity index (χ4v) is 4.04. The number of aliphatic hydroxyl groups excluding tert-OH is 1. The Balaban J connectivity index is 1.94. The van der Waals surface area contributed by atoms with Crippen LogP contribution in [0.3, 0.4) is 0 Å². The van der Waals surface area contributed by atoms with Crippen LogP contribution in [0.25, 0.3) is 5.76 Å². The molecular formula is C25H21ClN2O4. The first-order valence-electron chi connectivity index (χ1n) is 9.95. The number of benzene rings is 2. The number of nitrogens with zero attached hydrogens (tertiary/aromatic N) is 2. The molecule has 1 aliphatic heterocycles. The molecule has 4 rings (SSSR count). The van der Waals surface area contributed by atoms with Gasteiger partial charge in [-0.1, -0.05) is 23.7 Å². The van der Waals surface area contributed by atoms with Crippen molar-refractivity contribution in [1.82, 2.24) is 4.98 Å². The summed E-state index contributed by atoms with van der Waals surface area (Å²) in [7, 11) is 1.56. The van der Waals surface area contributed by atoms with Gasteiger partial charge in [0.15, 0.2) is 0 Å². The largest absolute Gasteiger partial charge is 0.507 e. The Labute approximate surface area is 190 Å². The van der Waals surface area contributed by atoms with Crippen molar-refractivity contribution in [2.75, 3.05) is 12.0 Å². The molecule has 0 spiro atoms. The molecule has 1 fully saturated rings. The SMILES string of the molecule is COc1ccc(/C(O)=C2\C(=O)C(=O)N(c3ccc(C)c(Cl)c3)C2c2cccnc2)cc1C. The van der Waals surface area contributed by atoms with Gasteiger partial charge in [0.1, 0.15) is 11.5 Å². The van der Waals surface area contributed by atoms with Gasteiger partial charge in [-0.25, -0.2) is 0 Å². The molecule has 0 bridgehead atoms. The van der Waals surface area contributed by atoms with Crippen molar-refractivity contribution in [2.45, 2.75) is 19.9 Å². The lowest BCUT2D eigenvalue weighted by Crippen LogP contribution is -2.29. The molecule has 1 N–H and O–H groups in total. The van der Waals surface area contributed by atoms with Crippen molar-refractivity contribution in [3.63, 3.8) is 0 Å². The number of Topliss-reactive ketones (excluding diaryl/α,β-unsaturated/α-hetero) is 1. The Hall–Kier alpha value is -3.64. The van der Waals surface area contributed by atoms with E-state index in [2.05, 4.69) is 4.98 Å². The van der Waals surface area contributed by atoms with Gasteiger partial charge in [0, 0.05) is 28.7 Å². The van der Waals surface area contributed by atoms with E-state index in [0.717, 1.165) is 11.1 Å². The summed E-state index contributed by atoms with van der Waals surface area (Å²) in [6.07, 6.45) is 3.18. The van der Waals surface area contributed by atoms with Gasteiger partial charge in [0.25, 0.3) is 11.7 Å². The van der Waals surface area contributed by atoms with E-state index in [0.29, 0.717) is 27.6 Å². The van der Waals surface area contributed by atoms with E-state index in [4.69, 9.17) is 16.3 Å². The van der Waals surface area contributed by atoms with Gasteiger partial charge in [0.05, 0.1) is 18.7 Å². The van der Waals surface area contributed by atoms with Crippen LogP contribution in [0.2, 0.25) is 5.02 Å². The number of hydrogen-bond donors (Lipinski definition) is 1. The Morgan fingerprint density at radius 2 is 1.88 bits per heavy atom. The number of amides is 1. The molecule has 162 valence electrons. The van der Waals surface area contributed by atoms with Crippen LogP contribution in [0.5, 0.6) is 5.75 Å². The third-order valence-corrected chi connectivity index (χ3v) is 5.95. The second-order valence-electron chi connectivity index (χ2n) is 7.57. The van der Waals surface area contributed by atoms with Crippen LogP contribution >= 0.6 is 11.6 Å². The maximum atomic E-state index is 13.2. The number of carbonyl (C=O) groups is 2. The Morgan fingerprint density at radius 3 is 2.50 bits per heavy atom. The summed E-state index contributed by atoms with van der Waals surface area (Å²) in [6, 6.07) is 12.8. The van der Waals surface area contributed by atoms with E-state index in [1.807, 2.05) is 13.8 Å². The minimum absolute atomic E-state index is 0.00994. The van der Waals surface area contributed by atoms with Gasteiger partial charge in [-0.05, 0) is 66.9 Å². The van der Waals surface area contributed by atoms with Gasteiger partial charge in [-0.2, -0.15) is 0 Å². The van der Waals surface area contributed by atoms with Crippen LogP contribution in [0.15, 0.2) is 66.5 Å². The molecule has 6 nitrogen and oxygen atoms in total. The first-order valence-corrected chi connectivity index (χ1v) is 10.3. The summed E-state index contributed by atoms with van der Waals surface area (Å²) < 4.78 is 5.28. The Bertz CT molecular complexity index is 1250. The maximum absolute atomic E-state index is 13.2. The summed E-state index contributed by atoms with van der Waals surface area (Å²) in [5.74, 6) is -1.13. The number of ketones is 1. The fourth-order valence-electron chi connectivity index (χ4n) is 3.86. The standard InChI is InChI=1S/C25H21ClN2O4/c1-14-6-8-18(12-19(14)26)28-22(17-5-4-10-27-13-17)21(24(30)25(28)31)23(29)16-7-9-20(32-3)15(2)11-16/h4-13,22,29H,1-3H3/b23-21+. The van der Waals surface area contributed by atoms with Crippen LogP contribution < -0.4 is 9.64 Å². The summed E-state index contributed by atoms with van der Waals surface area (Å²) in [5, 5.41) is 11.7. The summed E-state index contributed by atoms with van der Waals surface area (Å²) in [4.78, 5) is 31.8. The normalized spacial score (nSPS) is 17.6. The molecule has 1 aliphatic rings. The number of ether oxygens (including phenoxy) is 1. The zero-order chi connectivity index (χ0) is 23.0. The summed E-state index contributed by atoms with van der Waals surface area (Å²) in [5.41, 5.74) is 3.09. The van der Waals surface area contributed by atoms with Crippen molar-refractivity contribution in [2.24, 2.45) is 0 Å². The zero-order valence-electron chi connectivity index (χ0n) is 17.8. The lowest BCUT2D eigenvalue weighted by Gasteiger charge is -2.25. The van der Waals surface area contributed by atoms with E-state index in [-0.39, 0.29) is 11.3 Å². The number of methoxy groups -OCH3 is 1. The molecular weight excluding hydrogens is 428 g/mol. The molecule has 0 radical (unpaired) electrons. The van der Waals surface area contributed by atoms with Crippen LogP contribution in [-0.2, 0) is 9.59 Å². The number of carbonyl (C=O) groups excluding carboxylic acids is 2. The Kier molecular flexibility index (Phi) is 5.72. The van der Waals surface area contributed by atoms with Crippen molar-refractivity contribution in [3.8, 4) is 5.75 Å². The number of pyridine rings is 1. The molecule has 0 saturated carbocycles. The molecule has 2 heterocycles. The monoisotopic (exact) mass is 448 g/mol. The number of halogens is 1. The Morgan fingerprint density at radius 1 is 1.09 bits per heavy atom. The molecule has 32 heavy (non-hydrogen) atoms. The molecule has 1 atom stereocenters. The number of aliphatic hydroxyl groups is 1. The van der Waals surface area contributed by atoms with Crippen LogP contribution in [0.4, 0.5) is 5.69 Å². The van der Waals surface area contributed by atoms with Gasteiger partial charge < -0.3 is 9.84 Å². The lowest BCUT2D eigenvalue weighted by atomic mass is 9.95. The van der Waals surface area contributed by atoms with Crippen LogP contribution in [0.1, 0.15) is 28.3 Å². The topological polar surface area (TPSA) is 79.7 Å². The summed E-state index contributed by atoms with van der Waals surface area (Å²) in [6.45, 7) is 3.69. The first-order chi connectivity index (χ1) is 15.3. The van der Waals surface area contributed by atoms with Gasteiger partial charge in [0.2, 0.25) is 0 Å². The van der Waals surface area contributed by atoms with Crippen molar-refractivity contribution < 1.29 is 19.4 Å². The van der Waals surface area contributed by atoms with Crippen LogP contribution in [0, 0.1) is 13.8 Å². The second-order valence-corrected chi connectivity index (χ2v) is 7.98. The molecule has 1 amide bonds. The minimum atomic E-state index is -0.857. The van der Waals surface area contributed by atoms with Gasteiger partial charge in [-0.3, -0.25) is 19.5 Å². The molecule has 7 heteroatoms. The van der Waals surface area contributed by atoms with Gasteiger partial charge in [-0.15, -0.1) is 0 Å². The number of anilines is 1. The van der Waals surface area contributed by atoms with E-state index in [1.165, 1.54) is 4.90 Å². The molecule has 0 aliphatic carbocycles. The third-order valence-electron chi connectivity index (χ3n) is 5.55. The average molecular weight is 449 g/mol. The van der Waals surface area contributed by atoms with Crippen LogP contribution in [-0.4, -0.2) is 28.9 Å². The quantitative estimate of drug-likeness (QED) is 0.345. The van der Waals surface area contributed by atoms with E-state index >= 15 is 0 Å². The maximum Gasteiger partial charge on any atom is 0.300 e. The number of hydrogen-bond acceptors (Lipinski definition) is 5. The van der Waals surface area contributed by atoms with E-state index in [9.17, 15) is 14.7 Å².